The molecule has 1 aromatic heterocycles. The first-order chi connectivity index (χ1) is 14.1. The number of carbonyl (C=O) groups excluding carboxylic acids is 1. The number of likely N-dealkylation sites (tertiary alicyclic amines) is 1. The van der Waals surface area contributed by atoms with Crippen molar-refractivity contribution < 1.29 is 23.1 Å². The van der Waals surface area contributed by atoms with E-state index >= 15 is 0 Å². The van der Waals surface area contributed by atoms with Crippen LogP contribution in [0.4, 0.5) is 13.2 Å². The summed E-state index contributed by atoms with van der Waals surface area (Å²) >= 11 is 5.87. The van der Waals surface area contributed by atoms with Crippen molar-refractivity contribution in [2.75, 3.05) is 13.1 Å². The Morgan fingerprint density at radius 2 is 2.00 bits per heavy atom. The second kappa shape index (κ2) is 7.42. The number of aromatic nitrogens is 3. The van der Waals surface area contributed by atoms with Gasteiger partial charge in [0.1, 0.15) is 11.9 Å². The van der Waals surface area contributed by atoms with Crippen LogP contribution >= 0.6 is 11.6 Å². The van der Waals surface area contributed by atoms with Crippen molar-refractivity contribution in [1.29, 1.82) is 0 Å². The van der Waals surface area contributed by atoms with Crippen LogP contribution in [0, 0.1) is 0 Å². The molecule has 1 aromatic carbocycles. The van der Waals surface area contributed by atoms with Crippen LogP contribution in [0.1, 0.15) is 36.7 Å². The van der Waals surface area contributed by atoms with Crippen molar-refractivity contribution in [3.05, 3.63) is 51.2 Å². The van der Waals surface area contributed by atoms with E-state index in [-0.39, 0.29) is 13.1 Å². The molecular weight excluding hydrogens is 425 g/mol. The van der Waals surface area contributed by atoms with E-state index in [0.29, 0.717) is 30.1 Å². The van der Waals surface area contributed by atoms with Crippen LogP contribution < -0.4 is 5.69 Å². The summed E-state index contributed by atoms with van der Waals surface area (Å²) in [6, 6.07) is 5.99. The Kier molecular flexibility index (Phi) is 5.17. The van der Waals surface area contributed by atoms with Gasteiger partial charge in [-0.05, 0) is 30.5 Å². The summed E-state index contributed by atoms with van der Waals surface area (Å²) in [4.78, 5) is 26.9. The third kappa shape index (κ3) is 3.62. The highest BCUT2D eigenvalue weighted by Gasteiger charge is 2.58. The number of amides is 1. The summed E-state index contributed by atoms with van der Waals surface area (Å²) in [5, 5.41) is 14.8. The summed E-state index contributed by atoms with van der Waals surface area (Å²) < 4.78 is 41.8. The lowest BCUT2D eigenvalue weighted by atomic mass is 10.0. The molecule has 11 heteroatoms. The fourth-order valence-electron chi connectivity index (χ4n) is 4.05. The second-order valence-electron chi connectivity index (χ2n) is 7.80. The second-order valence-corrected chi connectivity index (χ2v) is 8.24. The molecule has 1 fully saturated rings. The molecule has 7 nitrogen and oxygen atoms in total. The van der Waals surface area contributed by atoms with Gasteiger partial charge in [0.25, 0.3) is 0 Å². The first kappa shape index (κ1) is 20.9. The molecule has 2 unspecified atom stereocenters. The number of halogens is 4. The summed E-state index contributed by atoms with van der Waals surface area (Å²) in [5.41, 5.74) is -2.60. The predicted molar refractivity (Wildman–Crippen MR) is 101 cm³/mol. The number of benzene rings is 1. The molecule has 1 amide bonds. The Morgan fingerprint density at radius 3 is 2.63 bits per heavy atom. The summed E-state index contributed by atoms with van der Waals surface area (Å²) in [6.07, 6.45) is -3.98. The van der Waals surface area contributed by atoms with Crippen LogP contribution in [0.2, 0.25) is 5.02 Å². The standard InChI is InChI=1S/C19H20ClF3N4O3/c20-13-6-4-12(5-7-13)10-26-17(29)27-14(2-1-3-15(27)24-26)16(28)25-9-8-18(30,11-25)19(21,22)23/h4-7,14,30H,1-3,8-11H2. The van der Waals surface area contributed by atoms with Crippen molar-refractivity contribution >= 4 is 17.5 Å². The number of β-amino-alcohol motifs (C(OH)–C–C–N with tert-alkyl or cyclic N) is 1. The van der Waals surface area contributed by atoms with Gasteiger partial charge in [-0.3, -0.25) is 9.36 Å². The average Bonchev–Trinajstić information content (AvgIpc) is 3.25. The zero-order valence-corrected chi connectivity index (χ0v) is 16.7. The highest BCUT2D eigenvalue weighted by molar-refractivity contribution is 6.30. The van der Waals surface area contributed by atoms with Crippen molar-refractivity contribution in [2.24, 2.45) is 0 Å². The molecule has 2 atom stereocenters. The minimum absolute atomic E-state index is 0.189. The third-order valence-electron chi connectivity index (χ3n) is 5.75. The van der Waals surface area contributed by atoms with Gasteiger partial charge in [0.2, 0.25) is 5.91 Å². The molecule has 0 radical (unpaired) electrons. The number of aliphatic hydroxyl groups is 1. The van der Waals surface area contributed by atoms with Gasteiger partial charge in [-0.1, -0.05) is 23.7 Å². The molecule has 2 aliphatic rings. The van der Waals surface area contributed by atoms with Gasteiger partial charge < -0.3 is 10.0 Å². The average molecular weight is 445 g/mol. The van der Waals surface area contributed by atoms with Gasteiger partial charge in [-0.25, -0.2) is 9.48 Å². The molecule has 30 heavy (non-hydrogen) atoms. The molecular formula is C19H20ClF3N4O3. The fourth-order valence-corrected chi connectivity index (χ4v) is 4.18. The van der Waals surface area contributed by atoms with E-state index < -0.39 is 42.4 Å². The van der Waals surface area contributed by atoms with E-state index in [2.05, 4.69) is 5.10 Å². The van der Waals surface area contributed by atoms with Crippen molar-refractivity contribution in [1.82, 2.24) is 19.2 Å². The van der Waals surface area contributed by atoms with Crippen molar-refractivity contribution in [3.63, 3.8) is 0 Å². The maximum atomic E-state index is 13.1. The molecule has 0 spiro atoms. The van der Waals surface area contributed by atoms with E-state index in [0.717, 1.165) is 10.5 Å². The van der Waals surface area contributed by atoms with Gasteiger partial charge in [-0.2, -0.15) is 18.3 Å². The van der Waals surface area contributed by atoms with Gasteiger partial charge in [-0.15, -0.1) is 0 Å². The van der Waals surface area contributed by atoms with E-state index in [1.807, 2.05) is 0 Å². The monoisotopic (exact) mass is 444 g/mol. The number of hydrogen-bond donors (Lipinski definition) is 1. The van der Waals surface area contributed by atoms with Gasteiger partial charge in [0.05, 0.1) is 13.1 Å². The van der Waals surface area contributed by atoms with E-state index in [1.165, 1.54) is 9.25 Å². The first-order valence-electron chi connectivity index (χ1n) is 9.60. The molecule has 162 valence electrons. The summed E-state index contributed by atoms with van der Waals surface area (Å²) in [7, 11) is 0. The number of alkyl halides is 3. The Hall–Kier alpha value is -2.33. The van der Waals surface area contributed by atoms with Crippen molar-refractivity contribution in [3.8, 4) is 0 Å². The van der Waals surface area contributed by atoms with E-state index in [4.69, 9.17) is 11.6 Å². The SMILES string of the molecule is O=C(C1CCCc2nn(Cc3ccc(Cl)cc3)c(=O)n21)N1CCC(O)(C(F)(F)F)C1. The minimum Gasteiger partial charge on any atom is -0.379 e. The molecule has 2 aliphatic heterocycles. The molecule has 4 rings (SSSR count). The smallest absolute Gasteiger partial charge is 0.379 e. The topological polar surface area (TPSA) is 80.4 Å². The highest BCUT2D eigenvalue weighted by Crippen LogP contribution is 2.38. The lowest BCUT2D eigenvalue weighted by Crippen LogP contribution is -2.49. The lowest BCUT2D eigenvalue weighted by Gasteiger charge is -2.29. The van der Waals surface area contributed by atoms with Crippen LogP contribution in [0.3, 0.4) is 0 Å². The molecule has 2 aromatic rings. The molecule has 0 bridgehead atoms. The van der Waals surface area contributed by atoms with Gasteiger partial charge >= 0.3 is 11.9 Å². The molecule has 3 heterocycles. The number of aryl methyl sites for hydroxylation is 1. The zero-order valence-electron chi connectivity index (χ0n) is 15.9. The van der Waals surface area contributed by atoms with Crippen LogP contribution in [0.25, 0.3) is 0 Å². The Balaban J connectivity index is 1.58. The molecule has 1 N–H and O–H groups in total. The van der Waals surface area contributed by atoms with Gasteiger partial charge in [0, 0.05) is 24.4 Å². The van der Waals surface area contributed by atoms with Crippen LogP contribution in [0.5, 0.6) is 0 Å². The maximum absolute atomic E-state index is 13.1. The minimum atomic E-state index is -4.82. The Morgan fingerprint density at radius 1 is 1.30 bits per heavy atom. The van der Waals surface area contributed by atoms with Gasteiger partial charge in [0.15, 0.2) is 5.60 Å². The highest BCUT2D eigenvalue weighted by atomic mass is 35.5. The Bertz CT molecular complexity index is 1020. The molecule has 0 saturated carbocycles. The van der Waals surface area contributed by atoms with Crippen molar-refractivity contribution in [2.45, 2.75) is 50.0 Å². The van der Waals surface area contributed by atoms with Crippen LogP contribution in [-0.2, 0) is 17.8 Å². The quantitative estimate of drug-likeness (QED) is 0.786. The number of carbonyl (C=O) groups is 1. The maximum Gasteiger partial charge on any atom is 0.419 e. The predicted octanol–water partition coefficient (Wildman–Crippen LogP) is 2.15. The largest absolute Gasteiger partial charge is 0.419 e. The molecule has 0 aliphatic carbocycles. The Labute approximate surface area is 174 Å². The number of rotatable bonds is 3. The van der Waals surface area contributed by atoms with E-state index in [9.17, 15) is 27.9 Å². The zero-order chi connectivity index (χ0) is 21.7. The normalized spacial score (nSPS) is 24.2. The number of nitrogens with zero attached hydrogens (tertiary/aromatic N) is 4. The third-order valence-corrected chi connectivity index (χ3v) is 6.00. The summed E-state index contributed by atoms with van der Waals surface area (Å²) in [6.45, 7) is -0.850. The first-order valence-corrected chi connectivity index (χ1v) is 9.97. The summed E-state index contributed by atoms with van der Waals surface area (Å²) in [5.74, 6) is -0.159. The number of fused-ring (bicyclic) bond motifs is 1. The molecule has 1 saturated heterocycles. The lowest BCUT2D eigenvalue weighted by molar-refractivity contribution is -0.253. The van der Waals surface area contributed by atoms with E-state index in [1.54, 1.807) is 24.3 Å². The fraction of sp³-hybridized carbons (Fsp3) is 0.526. The number of hydrogen-bond acceptors (Lipinski definition) is 4. The van der Waals surface area contributed by atoms with Crippen LogP contribution in [-0.4, -0.2) is 55.1 Å². The van der Waals surface area contributed by atoms with Crippen LogP contribution in [0.15, 0.2) is 29.1 Å².